The zero-order valence-corrected chi connectivity index (χ0v) is 15.7. The highest BCUT2D eigenvalue weighted by molar-refractivity contribution is 5.92. The van der Waals surface area contributed by atoms with E-state index in [1.165, 1.54) is 6.33 Å². The van der Waals surface area contributed by atoms with Gasteiger partial charge in [0.15, 0.2) is 5.82 Å². The highest BCUT2D eigenvalue weighted by Gasteiger charge is 2.19. The Morgan fingerprint density at radius 3 is 2.44 bits per heavy atom. The average Bonchev–Trinajstić information content (AvgIpc) is 2.61. The van der Waals surface area contributed by atoms with Crippen molar-refractivity contribution in [3.8, 4) is 11.5 Å². The van der Waals surface area contributed by atoms with Crippen LogP contribution in [-0.4, -0.2) is 31.5 Å². The molecule has 0 bridgehead atoms. The maximum absolute atomic E-state index is 12.3. The van der Waals surface area contributed by atoms with Gasteiger partial charge in [0.2, 0.25) is 0 Å². The highest BCUT2D eigenvalue weighted by atomic mass is 16.6. The monoisotopic (exact) mass is 363 g/mol. The molecule has 0 unspecified atom stereocenters. The second-order valence-electron chi connectivity index (χ2n) is 7.02. The molecular weight excluding hydrogens is 342 g/mol. The molecule has 1 aromatic carbocycles. The van der Waals surface area contributed by atoms with Gasteiger partial charge in [-0.1, -0.05) is 0 Å². The Bertz CT molecular complexity index is 952. The first-order valence-corrected chi connectivity index (χ1v) is 8.52. The Balaban J connectivity index is 1.79. The Labute approximate surface area is 157 Å². The summed E-state index contributed by atoms with van der Waals surface area (Å²) in [6.45, 7) is 7.41. The predicted octanol–water partition coefficient (Wildman–Crippen LogP) is 3.94. The first-order valence-electron chi connectivity index (χ1n) is 8.52. The van der Waals surface area contributed by atoms with Crippen LogP contribution in [0.3, 0.4) is 0 Å². The Kier molecular flexibility index (Phi) is 5.12. The van der Waals surface area contributed by atoms with Crippen molar-refractivity contribution < 1.29 is 9.53 Å². The van der Waals surface area contributed by atoms with Crippen molar-refractivity contribution in [3.05, 3.63) is 60.2 Å². The van der Waals surface area contributed by atoms with Gasteiger partial charge in [-0.3, -0.25) is 0 Å². The van der Waals surface area contributed by atoms with E-state index in [9.17, 15) is 4.79 Å². The van der Waals surface area contributed by atoms with Crippen molar-refractivity contribution in [3.63, 3.8) is 0 Å². The Morgan fingerprint density at radius 1 is 1.04 bits per heavy atom. The van der Waals surface area contributed by atoms with Crippen molar-refractivity contribution in [2.75, 3.05) is 5.32 Å². The number of rotatable bonds is 4. The molecule has 7 heteroatoms. The van der Waals surface area contributed by atoms with Crippen LogP contribution in [0, 0.1) is 6.92 Å². The van der Waals surface area contributed by atoms with E-state index in [0.717, 1.165) is 11.3 Å². The summed E-state index contributed by atoms with van der Waals surface area (Å²) in [5.74, 6) is 0.799. The van der Waals surface area contributed by atoms with Gasteiger partial charge in [-0.25, -0.2) is 24.7 Å². The summed E-state index contributed by atoms with van der Waals surface area (Å²) >= 11 is 0. The molecule has 0 aliphatic rings. The summed E-state index contributed by atoms with van der Waals surface area (Å²) in [5.41, 5.74) is 2.25. The van der Waals surface area contributed by atoms with Gasteiger partial charge in [0, 0.05) is 24.1 Å². The van der Waals surface area contributed by atoms with Crippen LogP contribution in [-0.2, 0) is 4.74 Å². The lowest BCUT2D eigenvalue weighted by molar-refractivity contribution is 0.00688. The Hall–Kier alpha value is -3.35. The molecule has 2 heterocycles. The molecule has 27 heavy (non-hydrogen) atoms. The largest absolute Gasteiger partial charge is 0.456 e. The van der Waals surface area contributed by atoms with E-state index >= 15 is 0 Å². The first-order chi connectivity index (χ1) is 12.8. The molecule has 3 aromatic rings. The number of hydrogen-bond donors (Lipinski definition) is 1. The zero-order valence-electron chi connectivity index (χ0n) is 15.7. The van der Waals surface area contributed by atoms with Crippen LogP contribution in [0.1, 0.15) is 36.7 Å². The third-order valence-corrected chi connectivity index (χ3v) is 3.58. The highest BCUT2D eigenvalue weighted by Crippen LogP contribution is 2.22. The van der Waals surface area contributed by atoms with Crippen molar-refractivity contribution in [2.24, 2.45) is 0 Å². The summed E-state index contributed by atoms with van der Waals surface area (Å²) in [6, 6.07) is 8.95. The van der Waals surface area contributed by atoms with E-state index in [0.29, 0.717) is 22.9 Å². The number of benzene rings is 1. The molecule has 0 aliphatic carbocycles. The number of anilines is 2. The van der Waals surface area contributed by atoms with E-state index in [2.05, 4.69) is 25.3 Å². The van der Waals surface area contributed by atoms with Gasteiger partial charge < -0.3 is 10.1 Å². The number of hydrogen-bond acceptors (Lipinski definition) is 7. The smallest absolute Gasteiger partial charge is 0.338 e. The number of esters is 1. The first kappa shape index (κ1) is 18.4. The lowest BCUT2D eigenvalue weighted by Crippen LogP contribution is -2.24. The number of nitrogens with zero attached hydrogens (tertiary/aromatic N) is 4. The number of nitrogens with one attached hydrogen (secondary N) is 1. The normalized spacial score (nSPS) is 11.1. The molecule has 2 aromatic heterocycles. The molecule has 3 rings (SSSR count). The molecule has 0 saturated heterocycles. The number of aromatic nitrogens is 4. The van der Waals surface area contributed by atoms with Gasteiger partial charge in [-0.2, -0.15) is 0 Å². The molecule has 0 fully saturated rings. The van der Waals surface area contributed by atoms with Gasteiger partial charge in [0.25, 0.3) is 0 Å². The van der Waals surface area contributed by atoms with E-state index < -0.39 is 5.60 Å². The third-order valence-electron chi connectivity index (χ3n) is 3.58. The van der Waals surface area contributed by atoms with Gasteiger partial charge in [0.1, 0.15) is 23.4 Å². The van der Waals surface area contributed by atoms with Crippen LogP contribution in [0.4, 0.5) is 11.5 Å². The molecule has 0 atom stereocenters. The summed E-state index contributed by atoms with van der Waals surface area (Å²) in [7, 11) is 0. The van der Waals surface area contributed by atoms with Gasteiger partial charge >= 0.3 is 5.97 Å². The van der Waals surface area contributed by atoms with E-state index in [-0.39, 0.29) is 5.97 Å². The number of carbonyl (C=O) groups is 1. The van der Waals surface area contributed by atoms with Crippen molar-refractivity contribution in [2.45, 2.75) is 33.3 Å². The predicted molar refractivity (Wildman–Crippen MR) is 103 cm³/mol. The van der Waals surface area contributed by atoms with Gasteiger partial charge in [-0.05, 0) is 57.5 Å². The van der Waals surface area contributed by atoms with Crippen molar-refractivity contribution >= 4 is 17.5 Å². The van der Waals surface area contributed by atoms with Crippen LogP contribution in [0.5, 0.6) is 0 Å². The zero-order chi connectivity index (χ0) is 19.4. The quantitative estimate of drug-likeness (QED) is 0.702. The molecule has 0 spiro atoms. The van der Waals surface area contributed by atoms with Gasteiger partial charge in [-0.15, -0.1) is 0 Å². The van der Waals surface area contributed by atoms with Crippen molar-refractivity contribution in [1.82, 2.24) is 19.9 Å². The molecule has 0 amide bonds. The molecule has 0 radical (unpaired) electrons. The van der Waals surface area contributed by atoms with Crippen LogP contribution in [0.25, 0.3) is 11.5 Å². The molecule has 0 aliphatic heterocycles. The van der Waals surface area contributed by atoms with Crippen molar-refractivity contribution in [1.29, 1.82) is 0 Å². The lowest BCUT2D eigenvalue weighted by Gasteiger charge is -2.20. The van der Waals surface area contributed by atoms with Crippen LogP contribution >= 0.6 is 0 Å². The SMILES string of the molecule is Cc1cc(Nc2cc(-c3ncccn3)ncn2)ccc1C(=O)OC(C)(C)C. The second kappa shape index (κ2) is 7.49. The minimum atomic E-state index is -0.530. The fraction of sp³-hybridized carbons (Fsp3) is 0.250. The second-order valence-corrected chi connectivity index (χ2v) is 7.02. The number of aryl methyl sites for hydroxylation is 1. The van der Waals surface area contributed by atoms with Gasteiger partial charge in [0.05, 0.1) is 5.56 Å². The fourth-order valence-corrected chi connectivity index (χ4v) is 2.43. The Morgan fingerprint density at radius 2 is 1.78 bits per heavy atom. The summed E-state index contributed by atoms with van der Waals surface area (Å²) in [5, 5.41) is 3.21. The lowest BCUT2D eigenvalue weighted by atomic mass is 10.1. The molecule has 0 saturated carbocycles. The summed E-state index contributed by atoms with van der Waals surface area (Å²) < 4.78 is 5.43. The number of ether oxygens (including phenoxy) is 1. The minimum Gasteiger partial charge on any atom is -0.456 e. The van der Waals surface area contributed by atoms with E-state index in [1.807, 2.05) is 39.8 Å². The minimum absolute atomic E-state index is 0.336. The fourth-order valence-electron chi connectivity index (χ4n) is 2.43. The van der Waals surface area contributed by atoms with E-state index in [1.54, 1.807) is 30.6 Å². The number of carbonyl (C=O) groups excluding carboxylic acids is 1. The summed E-state index contributed by atoms with van der Waals surface area (Å²) in [6.07, 6.45) is 4.78. The summed E-state index contributed by atoms with van der Waals surface area (Å²) in [4.78, 5) is 29.1. The third kappa shape index (κ3) is 4.84. The van der Waals surface area contributed by atoms with Crippen LogP contribution in [0.2, 0.25) is 0 Å². The molecule has 1 N–H and O–H groups in total. The van der Waals surface area contributed by atoms with Crippen LogP contribution < -0.4 is 5.32 Å². The standard InChI is InChI=1S/C20H21N5O2/c1-13-10-14(6-7-15(13)19(26)27-20(2,3)4)25-17-11-16(23-12-24-17)18-21-8-5-9-22-18/h5-12H,1-4H3,(H,23,24,25). The maximum atomic E-state index is 12.3. The van der Waals surface area contributed by atoms with E-state index in [4.69, 9.17) is 4.74 Å². The maximum Gasteiger partial charge on any atom is 0.338 e. The molecule has 138 valence electrons. The molecule has 7 nitrogen and oxygen atoms in total. The average molecular weight is 363 g/mol. The van der Waals surface area contributed by atoms with Crippen LogP contribution in [0.15, 0.2) is 49.1 Å². The molecular formula is C20H21N5O2. The topological polar surface area (TPSA) is 89.9 Å².